The van der Waals surface area contributed by atoms with Crippen molar-refractivity contribution in [2.24, 2.45) is 5.92 Å². The molecule has 0 aromatic heterocycles. The van der Waals surface area contributed by atoms with E-state index in [0.29, 0.717) is 11.6 Å². The molecule has 27 heavy (non-hydrogen) atoms. The molecule has 1 saturated heterocycles. The van der Waals surface area contributed by atoms with Crippen LogP contribution in [-0.4, -0.2) is 42.9 Å². The summed E-state index contributed by atoms with van der Waals surface area (Å²) in [6.45, 7) is 3.14. The van der Waals surface area contributed by atoms with Crippen LogP contribution in [-0.2, 0) is 4.79 Å². The zero-order valence-corrected chi connectivity index (χ0v) is 15.0. The first-order valence-electron chi connectivity index (χ1n) is 9.31. The van der Waals surface area contributed by atoms with Gasteiger partial charge in [-0.2, -0.15) is 0 Å². The van der Waals surface area contributed by atoms with Crippen LogP contribution in [0.1, 0.15) is 23.2 Å². The second-order valence-electron chi connectivity index (χ2n) is 7.10. The van der Waals surface area contributed by atoms with Crippen molar-refractivity contribution in [3.8, 4) is 0 Å². The highest BCUT2D eigenvalue weighted by molar-refractivity contribution is 6.04. The summed E-state index contributed by atoms with van der Waals surface area (Å²) in [7, 11) is 0. The molecule has 2 fully saturated rings. The summed E-state index contributed by atoms with van der Waals surface area (Å²) in [6, 6.07) is 13.2. The molecular formula is C21H22FN3O2. The Balaban J connectivity index is 1.34. The van der Waals surface area contributed by atoms with E-state index in [0.717, 1.165) is 44.7 Å². The maximum absolute atomic E-state index is 13.2. The third-order valence-electron chi connectivity index (χ3n) is 5.10. The number of amides is 2. The van der Waals surface area contributed by atoms with Crippen LogP contribution in [0.3, 0.4) is 0 Å². The van der Waals surface area contributed by atoms with Crippen LogP contribution in [0.4, 0.5) is 15.8 Å². The lowest BCUT2D eigenvalue weighted by Gasteiger charge is -2.36. The number of hydrogen-bond donors (Lipinski definition) is 1. The Morgan fingerprint density at radius 2 is 1.67 bits per heavy atom. The van der Waals surface area contributed by atoms with E-state index in [9.17, 15) is 14.0 Å². The van der Waals surface area contributed by atoms with Gasteiger partial charge in [0.25, 0.3) is 5.91 Å². The second kappa shape index (κ2) is 7.39. The van der Waals surface area contributed by atoms with E-state index >= 15 is 0 Å². The van der Waals surface area contributed by atoms with E-state index in [2.05, 4.69) is 10.2 Å². The van der Waals surface area contributed by atoms with Crippen LogP contribution in [0.25, 0.3) is 0 Å². The highest BCUT2D eigenvalue weighted by atomic mass is 19.1. The number of piperazine rings is 1. The standard InChI is InChI=1S/C21H22FN3O2/c22-17-3-1-2-16(14-17)20(26)23-18-6-8-19(9-7-18)24-10-12-25(13-11-24)21(27)15-4-5-15/h1-3,6-9,14-15H,4-5,10-13H2,(H,23,26). The van der Waals surface area contributed by atoms with Crippen molar-refractivity contribution in [1.82, 2.24) is 4.90 Å². The number of carbonyl (C=O) groups excluding carboxylic acids is 2. The largest absolute Gasteiger partial charge is 0.368 e. The molecule has 0 bridgehead atoms. The zero-order chi connectivity index (χ0) is 18.8. The molecular weight excluding hydrogens is 345 g/mol. The van der Waals surface area contributed by atoms with Crippen molar-refractivity contribution in [3.63, 3.8) is 0 Å². The lowest BCUT2D eigenvalue weighted by atomic mass is 10.2. The van der Waals surface area contributed by atoms with Crippen molar-refractivity contribution in [2.75, 3.05) is 36.4 Å². The van der Waals surface area contributed by atoms with Gasteiger partial charge in [-0.3, -0.25) is 9.59 Å². The fraction of sp³-hybridized carbons (Fsp3) is 0.333. The molecule has 0 radical (unpaired) electrons. The van der Waals surface area contributed by atoms with Gasteiger partial charge in [0.1, 0.15) is 5.82 Å². The van der Waals surface area contributed by atoms with Gasteiger partial charge in [0, 0.05) is 49.0 Å². The van der Waals surface area contributed by atoms with E-state index in [4.69, 9.17) is 0 Å². The second-order valence-corrected chi connectivity index (χ2v) is 7.10. The molecule has 1 N–H and O–H groups in total. The van der Waals surface area contributed by atoms with Gasteiger partial charge in [0.2, 0.25) is 5.91 Å². The summed E-state index contributed by atoms with van der Waals surface area (Å²) < 4.78 is 13.2. The first-order chi connectivity index (χ1) is 13.1. The fourth-order valence-electron chi connectivity index (χ4n) is 3.36. The number of hydrogen-bond acceptors (Lipinski definition) is 3. The molecule has 1 aliphatic carbocycles. The number of carbonyl (C=O) groups is 2. The van der Waals surface area contributed by atoms with Gasteiger partial charge >= 0.3 is 0 Å². The molecule has 0 atom stereocenters. The van der Waals surface area contributed by atoms with Gasteiger partial charge in [-0.1, -0.05) is 6.07 Å². The third-order valence-corrected chi connectivity index (χ3v) is 5.10. The minimum absolute atomic E-state index is 0.275. The SMILES string of the molecule is O=C(Nc1ccc(N2CCN(C(=O)C3CC3)CC2)cc1)c1cccc(F)c1. The number of anilines is 2. The van der Waals surface area contributed by atoms with E-state index in [-0.39, 0.29) is 17.4 Å². The van der Waals surface area contributed by atoms with Gasteiger partial charge in [-0.25, -0.2) is 4.39 Å². The summed E-state index contributed by atoms with van der Waals surface area (Å²) in [5.74, 6) is -0.186. The molecule has 4 rings (SSSR count). The molecule has 140 valence electrons. The van der Waals surface area contributed by atoms with Crippen LogP contribution in [0.15, 0.2) is 48.5 Å². The number of benzene rings is 2. The zero-order valence-electron chi connectivity index (χ0n) is 15.0. The van der Waals surface area contributed by atoms with Crippen LogP contribution < -0.4 is 10.2 Å². The molecule has 1 saturated carbocycles. The van der Waals surface area contributed by atoms with Crippen molar-refractivity contribution in [2.45, 2.75) is 12.8 Å². The molecule has 0 spiro atoms. The maximum atomic E-state index is 13.2. The molecule has 1 aliphatic heterocycles. The molecule has 1 heterocycles. The lowest BCUT2D eigenvalue weighted by molar-refractivity contribution is -0.132. The first kappa shape index (κ1) is 17.5. The van der Waals surface area contributed by atoms with Crippen molar-refractivity contribution < 1.29 is 14.0 Å². The predicted molar refractivity (Wildman–Crippen MR) is 102 cm³/mol. The topological polar surface area (TPSA) is 52.7 Å². The number of nitrogens with one attached hydrogen (secondary N) is 1. The quantitative estimate of drug-likeness (QED) is 0.903. The molecule has 6 heteroatoms. The van der Waals surface area contributed by atoms with Crippen molar-refractivity contribution in [1.29, 1.82) is 0 Å². The molecule has 2 aromatic rings. The summed E-state index contributed by atoms with van der Waals surface area (Å²) in [6.07, 6.45) is 2.09. The van der Waals surface area contributed by atoms with E-state index < -0.39 is 5.82 Å². The normalized spacial score (nSPS) is 16.9. The summed E-state index contributed by atoms with van der Waals surface area (Å²) in [5, 5.41) is 2.78. The lowest BCUT2D eigenvalue weighted by Crippen LogP contribution is -2.49. The molecule has 0 unspecified atom stereocenters. The highest BCUT2D eigenvalue weighted by Crippen LogP contribution is 2.31. The smallest absolute Gasteiger partial charge is 0.255 e. The average Bonchev–Trinajstić information content (AvgIpc) is 3.53. The predicted octanol–water partition coefficient (Wildman–Crippen LogP) is 3.14. The van der Waals surface area contributed by atoms with Crippen molar-refractivity contribution >= 4 is 23.2 Å². The number of rotatable bonds is 4. The average molecular weight is 367 g/mol. The van der Waals surface area contributed by atoms with Crippen molar-refractivity contribution in [3.05, 3.63) is 59.9 Å². The fourth-order valence-corrected chi connectivity index (χ4v) is 3.36. The van der Waals surface area contributed by atoms with Gasteiger partial charge < -0.3 is 15.1 Å². The monoisotopic (exact) mass is 367 g/mol. The van der Waals surface area contributed by atoms with E-state index in [1.54, 1.807) is 6.07 Å². The van der Waals surface area contributed by atoms with Gasteiger partial charge in [0.15, 0.2) is 0 Å². The van der Waals surface area contributed by atoms with Gasteiger partial charge in [-0.15, -0.1) is 0 Å². The molecule has 5 nitrogen and oxygen atoms in total. The minimum Gasteiger partial charge on any atom is -0.368 e. The Kier molecular flexibility index (Phi) is 4.79. The first-order valence-corrected chi connectivity index (χ1v) is 9.31. The Morgan fingerprint density at radius 1 is 0.963 bits per heavy atom. The van der Waals surface area contributed by atoms with Crippen LogP contribution >= 0.6 is 0 Å². The van der Waals surface area contributed by atoms with Gasteiger partial charge in [0.05, 0.1) is 0 Å². The summed E-state index contributed by atoms with van der Waals surface area (Å²) in [4.78, 5) is 28.5. The van der Waals surface area contributed by atoms with Gasteiger partial charge in [-0.05, 0) is 55.3 Å². The minimum atomic E-state index is -0.433. The Morgan fingerprint density at radius 3 is 2.30 bits per heavy atom. The highest BCUT2D eigenvalue weighted by Gasteiger charge is 2.34. The van der Waals surface area contributed by atoms with Crippen LogP contribution in [0.2, 0.25) is 0 Å². The Bertz CT molecular complexity index is 841. The van der Waals surface area contributed by atoms with Crippen LogP contribution in [0.5, 0.6) is 0 Å². The summed E-state index contributed by atoms with van der Waals surface area (Å²) in [5.41, 5.74) is 2.02. The number of nitrogens with zero attached hydrogens (tertiary/aromatic N) is 2. The van der Waals surface area contributed by atoms with Crippen LogP contribution in [0, 0.1) is 11.7 Å². The molecule has 2 aliphatic rings. The molecule has 2 amide bonds. The Labute approximate surface area is 157 Å². The third kappa shape index (κ3) is 4.10. The Hall–Kier alpha value is -2.89. The molecule has 2 aromatic carbocycles. The maximum Gasteiger partial charge on any atom is 0.255 e. The number of halogens is 1. The van der Waals surface area contributed by atoms with E-state index in [1.165, 1.54) is 18.2 Å². The van der Waals surface area contributed by atoms with E-state index in [1.807, 2.05) is 29.2 Å². The summed E-state index contributed by atoms with van der Waals surface area (Å²) >= 11 is 0.